The number of amides is 1. The Morgan fingerprint density at radius 3 is 2.30 bits per heavy atom. The van der Waals surface area contributed by atoms with Crippen LogP contribution in [0.4, 0.5) is 10.8 Å². The molecule has 33 heavy (non-hydrogen) atoms. The van der Waals surface area contributed by atoms with Gasteiger partial charge in [-0.15, -0.1) is 10.2 Å². The predicted octanol–water partition coefficient (Wildman–Crippen LogP) is 3.05. The minimum Gasteiger partial charge on any atom is -0.493 e. The number of ether oxygens (including phenoxy) is 3. The minimum atomic E-state index is -4.30. The molecular formula is C19H17ClN4O7S2. The lowest BCUT2D eigenvalue weighted by atomic mass is 10.1. The van der Waals surface area contributed by atoms with Gasteiger partial charge in [0.15, 0.2) is 11.5 Å². The van der Waals surface area contributed by atoms with Crippen molar-refractivity contribution in [1.82, 2.24) is 10.2 Å². The molecule has 0 unspecified atom stereocenters. The molecule has 0 saturated heterocycles. The van der Waals surface area contributed by atoms with Crippen molar-refractivity contribution in [2.75, 3.05) is 31.4 Å². The fraction of sp³-hybridized carbons (Fsp3) is 0.158. The molecule has 0 radical (unpaired) electrons. The fourth-order valence-corrected chi connectivity index (χ4v) is 4.80. The molecule has 0 aliphatic rings. The highest BCUT2D eigenvalue weighted by Gasteiger charge is 2.26. The molecule has 1 heterocycles. The quantitative estimate of drug-likeness (QED) is 0.343. The van der Waals surface area contributed by atoms with Gasteiger partial charge >= 0.3 is 5.97 Å². The van der Waals surface area contributed by atoms with Gasteiger partial charge < -0.3 is 14.2 Å². The van der Waals surface area contributed by atoms with E-state index in [0.29, 0.717) is 11.3 Å². The van der Waals surface area contributed by atoms with Crippen molar-refractivity contribution in [3.63, 3.8) is 0 Å². The number of hydrogen-bond donors (Lipinski definition) is 2. The minimum absolute atomic E-state index is 0.0687. The van der Waals surface area contributed by atoms with Gasteiger partial charge in [0.05, 0.1) is 43.2 Å². The van der Waals surface area contributed by atoms with Crippen molar-refractivity contribution >= 4 is 55.7 Å². The molecule has 2 N–H and O–H groups in total. The summed E-state index contributed by atoms with van der Waals surface area (Å²) in [4.78, 5) is 24.5. The van der Waals surface area contributed by atoms with Gasteiger partial charge in [0.2, 0.25) is 5.13 Å². The first kappa shape index (κ1) is 24.2. The number of carbonyl (C=O) groups excluding carboxylic acids is 2. The highest BCUT2D eigenvalue weighted by molar-refractivity contribution is 7.94. The van der Waals surface area contributed by atoms with Gasteiger partial charge in [-0.1, -0.05) is 35.1 Å². The lowest BCUT2D eigenvalue weighted by Crippen LogP contribution is -2.16. The van der Waals surface area contributed by atoms with E-state index < -0.39 is 26.2 Å². The maximum absolute atomic E-state index is 12.9. The SMILES string of the molecule is COC(=O)c1cc(OC)c(OC)cc1NS(=O)(=O)c1nnc(NC(=O)c2ccccc2Cl)s1. The van der Waals surface area contributed by atoms with Crippen LogP contribution in [0.15, 0.2) is 40.7 Å². The molecule has 0 aliphatic carbocycles. The van der Waals surface area contributed by atoms with Gasteiger partial charge in [-0.25, -0.2) is 4.79 Å². The molecule has 1 aromatic heterocycles. The molecule has 0 fully saturated rings. The van der Waals surface area contributed by atoms with Crippen LogP contribution in [0.3, 0.4) is 0 Å². The van der Waals surface area contributed by atoms with Crippen molar-refractivity contribution in [3.8, 4) is 11.5 Å². The van der Waals surface area contributed by atoms with E-state index >= 15 is 0 Å². The summed E-state index contributed by atoms with van der Waals surface area (Å²) in [6.45, 7) is 0. The molecule has 0 atom stereocenters. The van der Waals surface area contributed by atoms with Crippen molar-refractivity contribution < 1.29 is 32.2 Å². The number of rotatable bonds is 8. The van der Waals surface area contributed by atoms with Gasteiger partial charge in [-0.2, -0.15) is 8.42 Å². The molecular weight excluding hydrogens is 496 g/mol. The van der Waals surface area contributed by atoms with Crippen molar-refractivity contribution in [1.29, 1.82) is 0 Å². The summed E-state index contributed by atoms with van der Waals surface area (Å²) in [6, 6.07) is 8.88. The maximum Gasteiger partial charge on any atom is 0.340 e. The smallest absolute Gasteiger partial charge is 0.340 e. The van der Waals surface area contributed by atoms with Crippen LogP contribution in [0.1, 0.15) is 20.7 Å². The van der Waals surface area contributed by atoms with Crippen LogP contribution < -0.4 is 19.5 Å². The molecule has 14 heteroatoms. The zero-order chi connectivity index (χ0) is 24.2. The van der Waals surface area contributed by atoms with Crippen LogP contribution in [0.2, 0.25) is 5.02 Å². The van der Waals surface area contributed by atoms with Crippen LogP contribution in [0.5, 0.6) is 11.5 Å². The van der Waals surface area contributed by atoms with E-state index in [9.17, 15) is 18.0 Å². The van der Waals surface area contributed by atoms with E-state index in [1.165, 1.54) is 32.4 Å². The molecule has 0 saturated carbocycles. The first-order valence-electron chi connectivity index (χ1n) is 8.96. The van der Waals surface area contributed by atoms with Gasteiger partial charge in [0.1, 0.15) is 0 Å². The van der Waals surface area contributed by atoms with Crippen molar-refractivity contribution in [3.05, 3.63) is 52.5 Å². The van der Waals surface area contributed by atoms with Gasteiger partial charge in [-0.05, 0) is 12.1 Å². The third kappa shape index (κ3) is 5.32. The van der Waals surface area contributed by atoms with E-state index in [4.69, 9.17) is 25.8 Å². The van der Waals surface area contributed by atoms with Crippen LogP contribution in [-0.4, -0.2) is 51.8 Å². The van der Waals surface area contributed by atoms with Crippen LogP contribution >= 0.6 is 22.9 Å². The van der Waals surface area contributed by atoms with Gasteiger partial charge in [-0.3, -0.25) is 14.8 Å². The summed E-state index contributed by atoms with van der Waals surface area (Å²) in [5, 5.41) is 9.91. The number of benzene rings is 2. The largest absolute Gasteiger partial charge is 0.493 e. The number of nitrogens with one attached hydrogen (secondary N) is 2. The normalized spacial score (nSPS) is 10.9. The highest BCUT2D eigenvalue weighted by atomic mass is 35.5. The molecule has 2 aromatic carbocycles. The van der Waals surface area contributed by atoms with E-state index in [1.807, 2.05) is 0 Å². The summed E-state index contributed by atoms with van der Waals surface area (Å²) in [6.07, 6.45) is 0. The Morgan fingerprint density at radius 1 is 1.00 bits per heavy atom. The zero-order valence-corrected chi connectivity index (χ0v) is 19.8. The number of anilines is 2. The number of methoxy groups -OCH3 is 3. The Bertz CT molecular complexity index is 1310. The number of sulfonamides is 1. The van der Waals surface area contributed by atoms with Crippen molar-refractivity contribution in [2.24, 2.45) is 0 Å². The van der Waals surface area contributed by atoms with E-state index in [1.54, 1.807) is 18.2 Å². The molecule has 0 bridgehead atoms. The molecule has 174 valence electrons. The number of carbonyl (C=O) groups is 2. The zero-order valence-electron chi connectivity index (χ0n) is 17.4. The lowest BCUT2D eigenvalue weighted by Gasteiger charge is -2.14. The number of nitrogens with zero attached hydrogens (tertiary/aromatic N) is 2. The summed E-state index contributed by atoms with van der Waals surface area (Å²) in [5.74, 6) is -1.02. The predicted molar refractivity (Wildman–Crippen MR) is 121 cm³/mol. The lowest BCUT2D eigenvalue weighted by molar-refractivity contribution is 0.0601. The molecule has 1 amide bonds. The van der Waals surface area contributed by atoms with Gasteiger partial charge in [0, 0.05) is 12.1 Å². The molecule has 0 spiro atoms. The highest BCUT2D eigenvalue weighted by Crippen LogP contribution is 2.35. The monoisotopic (exact) mass is 512 g/mol. The standard InChI is InChI=1S/C19H17ClN4O7S2/c1-29-14-8-11(17(26)31-3)13(9-15(14)30-2)24-33(27,28)19-23-22-18(32-19)21-16(25)10-6-4-5-7-12(10)20/h4-9,24H,1-3H3,(H,21,22,25). The first-order valence-corrected chi connectivity index (χ1v) is 11.6. The van der Waals surface area contributed by atoms with Crippen LogP contribution in [0, 0.1) is 0 Å². The average Bonchev–Trinajstić information content (AvgIpc) is 3.27. The topological polar surface area (TPSA) is 146 Å². The van der Waals surface area contributed by atoms with Crippen LogP contribution in [-0.2, 0) is 14.8 Å². The Balaban J connectivity index is 1.89. The second-order valence-electron chi connectivity index (χ2n) is 6.16. The second-order valence-corrected chi connectivity index (χ2v) is 9.40. The number of esters is 1. The first-order chi connectivity index (χ1) is 15.7. The average molecular weight is 513 g/mol. The Kier molecular flexibility index (Phi) is 7.36. The Hall–Kier alpha value is -3.42. The summed E-state index contributed by atoms with van der Waals surface area (Å²) in [7, 11) is -0.430. The maximum atomic E-state index is 12.9. The summed E-state index contributed by atoms with van der Waals surface area (Å²) < 4.78 is 42.6. The fourth-order valence-electron chi connectivity index (χ4n) is 2.61. The second kappa shape index (κ2) is 10.0. The summed E-state index contributed by atoms with van der Waals surface area (Å²) in [5.41, 5.74) is -0.0585. The number of hydrogen-bond acceptors (Lipinski definition) is 10. The Labute approximate surface area is 197 Å². The number of aromatic nitrogens is 2. The third-order valence-corrected chi connectivity index (χ3v) is 7.05. The molecule has 3 rings (SSSR count). The van der Waals surface area contributed by atoms with E-state index in [0.717, 1.165) is 7.11 Å². The van der Waals surface area contributed by atoms with Gasteiger partial charge in [0.25, 0.3) is 20.3 Å². The molecule has 0 aliphatic heterocycles. The van der Waals surface area contributed by atoms with E-state index in [-0.39, 0.29) is 38.5 Å². The van der Waals surface area contributed by atoms with E-state index in [2.05, 4.69) is 20.2 Å². The molecule has 3 aromatic rings. The molecule has 11 nitrogen and oxygen atoms in total. The van der Waals surface area contributed by atoms with Crippen molar-refractivity contribution in [2.45, 2.75) is 4.34 Å². The van der Waals surface area contributed by atoms with Crippen LogP contribution in [0.25, 0.3) is 0 Å². The Morgan fingerprint density at radius 2 is 1.67 bits per heavy atom. The number of halogens is 1. The summed E-state index contributed by atoms with van der Waals surface area (Å²) >= 11 is 6.60. The third-order valence-electron chi connectivity index (χ3n) is 4.15.